The van der Waals surface area contributed by atoms with E-state index in [1.807, 2.05) is 13.1 Å². The molecule has 20 heavy (non-hydrogen) atoms. The average molecular weight is 293 g/mol. The van der Waals surface area contributed by atoms with Gasteiger partial charge in [-0.05, 0) is 37.6 Å². The molecule has 1 aromatic carbocycles. The van der Waals surface area contributed by atoms with Gasteiger partial charge in [-0.15, -0.1) is 0 Å². The number of rotatable bonds is 5. The fraction of sp³-hybridized carbons (Fsp3) is 0.333. The molecule has 0 aliphatic heterocycles. The number of halogens is 1. The number of carbonyl (C=O) groups excluding carboxylic acids is 1. The second-order valence-corrected chi connectivity index (χ2v) is 5.03. The first kappa shape index (κ1) is 14.6. The van der Waals surface area contributed by atoms with Crippen molar-refractivity contribution in [1.29, 1.82) is 0 Å². The van der Waals surface area contributed by atoms with Crippen molar-refractivity contribution in [2.45, 2.75) is 26.9 Å². The van der Waals surface area contributed by atoms with Crippen LogP contribution >= 0.6 is 11.6 Å². The molecule has 0 amide bonds. The van der Waals surface area contributed by atoms with Crippen molar-refractivity contribution in [2.75, 3.05) is 0 Å². The van der Waals surface area contributed by atoms with Crippen LogP contribution in [0.15, 0.2) is 24.3 Å². The van der Waals surface area contributed by atoms with Gasteiger partial charge in [0.05, 0.1) is 17.0 Å². The lowest BCUT2D eigenvalue weighted by Gasteiger charge is -2.10. The molecule has 106 valence electrons. The Morgan fingerprint density at radius 2 is 2.15 bits per heavy atom. The van der Waals surface area contributed by atoms with Crippen LogP contribution < -0.4 is 4.74 Å². The molecule has 0 unspecified atom stereocenters. The van der Waals surface area contributed by atoms with Crippen molar-refractivity contribution >= 4 is 17.4 Å². The van der Waals surface area contributed by atoms with E-state index >= 15 is 0 Å². The molecule has 5 heteroatoms. The predicted octanol–water partition coefficient (Wildman–Crippen LogP) is 3.42. The molecule has 1 aromatic heterocycles. The Bertz CT molecular complexity index is 635. The van der Waals surface area contributed by atoms with Gasteiger partial charge in [0.15, 0.2) is 5.78 Å². The monoisotopic (exact) mass is 292 g/mol. The molecule has 0 radical (unpaired) electrons. The zero-order valence-corrected chi connectivity index (χ0v) is 12.6. The molecule has 2 aromatic rings. The van der Waals surface area contributed by atoms with Crippen LogP contribution in [0.3, 0.4) is 0 Å². The molecular weight excluding hydrogens is 276 g/mol. The van der Waals surface area contributed by atoms with Crippen LogP contribution in [0, 0.1) is 0 Å². The summed E-state index contributed by atoms with van der Waals surface area (Å²) in [6.07, 6.45) is 0.882. The Hall–Kier alpha value is -1.81. The van der Waals surface area contributed by atoms with E-state index in [2.05, 4.69) is 12.0 Å². The number of carbonyl (C=O) groups is 1. The number of ether oxygens (including phenoxy) is 1. The zero-order chi connectivity index (χ0) is 14.7. The van der Waals surface area contributed by atoms with Crippen LogP contribution in [0.25, 0.3) is 0 Å². The van der Waals surface area contributed by atoms with Crippen LogP contribution in [0.4, 0.5) is 0 Å². The summed E-state index contributed by atoms with van der Waals surface area (Å²) >= 11 is 5.90. The van der Waals surface area contributed by atoms with Crippen LogP contribution in [-0.2, 0) is 20.1 Å². The lowest BCUT2D eigenvalue weighted by Crippen LogP contribution is -2.05. The smallest absolute Gasteiger partial charge is 0.163 e. The quantitative estimate of drug-likeness (QED) is 0.793. The maximum absolute atomic E-state index is 11.6. The summed E-state index contributed by atoms with van der Waals surface area (Å²) in [6, 6.07) is 7.06. The van der Waals surface area contributed by atoms with Gasteiger partial charge in [0.1, 0.15) is 12.4 Å². The molecular formula is C15H17ClN2O2. The van der Waals surface area contributed by atoms with E-state index in [-0.39, 0.29) is 5.78 Å². The van der Waals surface area contributed by atoms with E-state index in [1.165, 1.54) is 6.92 Å². The van der Waals surface area contributed by atoms with Gasteiger partial charge in [-0.1, -0.05) is 18.5 Å². The van der Waals surface area contributed by atoms with Crippen molar-refractivity contribution < 1.29 is 9.53 Å². The van der Waals surface area contributed by atoms with E-state index in [0.717, 1.165) is 17.8 Å². The fourth-order valence-corrected chi connectivity index (χ4v) is 2.11. The largest absolute Gasteiger partial charge is 0.487 e. The minimum absolute atomic E-state index is 0.0678. The second kappa shape index (κ2) is 6.09. The maximum atomic E-state index is 11.6. The summed E-state index contributed by atoms with van der Waals surface area (Å²) in [5.74, 6) is 0.475. The van der Waals surface area contributed by atoms with Crippen LogP contribution in [-0.4, -0.2) is 15.6 Å². The summed E-state index contributed by atoms with van der Waals surface area (Å²) in [5.41, 5.74) is 2.48. The molecule has 0 aliphatic rings. The lowest BCUT2D eigenvalue weighted by atomic mass is 10.1. The van der Waals surface area contributed by atoms with Crippen LogP contribution in [0.5, 0.6) is 5.75 Å². The fourth-order valence-electron chi connectivity index (χ4n) is 1.93. The molecule has 4 nitrogen and oxygen atoms in total. The number of hydrogen-bond donors (Lipinski definition) is 0. The average Bonchev–Trinajstić information content (AvgIpc) is 2.78. The summed E-state index contributed by atoms with van der Waals surface area (Å²) in [4.78, 5) is 11.6. The van der Waals surface area contributed by atoms with Crippen LogP contribution in [0.1, 0.15) is 35.6 Å². The Morgan fingerprint density at radius 3 is 2.75 bits per heavy atom. The molecule has 0 aliphatic carbocycles. The second-order valence-electron chi connectivity index (χ2n) is 4.59. The molecule has 0 bridgehead atoms. The standard InChI is InChI=1S/C15H17ClN2O2/c1-4-12-8-13(18(3)17-12)9-20-15-6-5-11(16)7-14(15)10(2)19/h5-8H,4,9H2,1-3H3. The molecule has 0 saturated heterocycles. The van der Waals surface area contributed by atoms with Gasteiger partial charge < -0.3 is 4.74 Å². The molecule has 1 heterocycles. The number of hydrogen-bond acceptors (Lipinski definition) is 3. The van der Waals surface area contributed by atoms with Crippen molar-refractivity contribution in [3.8, 4) is 5.75 Å². The number of Topliss-reactive ketones (excluding diaryl/α,β-unsaturated/α-hetero) is 1. The van der Waals surface area contributed by atoms with E-state index in [1.54, 1.807) is 22.9 Å². The Labute approximate surface area is 123 Å². The van der Waals surface area contributed by atoms with Gasteiger partial charge in [-0.25, -0.2) is 0 Å². The van der Waals surface area contributed by atoms with Gasteiger partial charge in [0, 0.05) is 12.1 Å². The zero-order valence-electron chi connectivity index (χ0n) is 11.8. The van der Waals surface area contributed by atoms with Crippen LogP contribution in [0.2, 0.25) is 5.02 Å². The number of aromatic nitrogens is 2. The van der Waals surface area contributed by atoms with Gasteiger partial charge >= 0.3 is 0 Å². The SMILES string of the molecule is CCc1cc(COc2ccc(Cl)cc2C(C)=O)n(C)n1. The van der Waals surface area contributed by atoms with E-state index in [0.29, 0.717) is 22.9 Å². The lowest BCUT2D eigenvalue weighted by molar-refractivity contribution is 0.101. The Balaban J connectivity index is 2.18. The minimum Gasteiger partial charge on any atom is -0.487 e. The third-order valence-electron chi connectivity index (χ3n) is 3.09. The van der Waals surface area contributed by atoms with E-state index in [4.69, 9.17) is 16.3 Å². The number of aryl methyl sites for hydroxylation is 2. The topological polar surface area (TPSA) is 44.1 Å². The van der Waals surface area contributed by atoms with Crippen molar-refractivity contribution in [1.82, 2.24) is 9.78 Å². The number of benzene rings is 1. The minimum atomic E-state index is -0.0678. The van der Waals surface area contributed by atoms with Gasteiger partial charge in [0.25, 0.3) is 0 Å². The van der Waals surface area contributed by atoms with Gasteiger partial charge in [-0.2, -0.15) is 5.10 Å². The summed E-state index contributed by atoms with van der Waals surface area (Å²) in [7, 11) is 1.88. The number of ketones is 1. The molecule has 0 spiro atoms. The number of nitrogens with zero attached hydrogens (tertiary/aromatic N) is 2. The molecule has 0 N–H and O–H groups in total. The summed E-state index contributed by atoms with van der Waals surface area (Å²) < 4.78 is 7.53. The highest BCUT2D eigenvalue weighted by atomic mass is 35.5. The third-order valence-corrected chi connectivity index (χ3v) is 3.32. The first-order chi connectivity index (χ1) is 9.51. The van der Waals surface area contributed by atoms with Crippen molar-refractivity contribution in [2.24, 2.45) is 7.05 Å². The van der Waals surface area contributed by atoms with E-state index in [9.17, 15) is 4.79 Å². The first-order valence-corrected chi connectivity index (χ1v) is 6.84. The first-order valence-electron chi connectivity index (χ1n) is 6.46. The molecule has 0 saturated carbocycles. The van der Waals surface area contributed by atoms with Crippen molar-refractivity contribution in [3.63, 3.8) is 0 Å². The summed E-state index contributed by atoms with van der Waals surface area (Å²) in [5, 5.41) is 4.89. The third kappa shape index (κ3) is 3.20. The van der Waals surface area contributed by atoms with Gasteiger partial charge in [0.2, 0.25) is 0 Å². The predicted molar refractivity (Wildman–Crippen MR) is 78.4 cm³/mol. The molecule has 0 fully saturated rings. The highest BCUT2D eigenvalue weighted by molar-refractivity contribution is 6.31. The molecule has 2 rings (SSSR count). The maximum Gasteiger partial charge on any atom is 0.163 e. The van der Waals surface area contributed by atoms with E-state index < -0.39 is 0 Å². The Kier molecular flexibility index (Phi) is 4.45. The molecule has 0 atom stereocenters. The van der Waals surface area contributed by atoms with Gasteiger partial charge in [-0.3, -0.25) is 9.48 Å². The highest BCUT2D eigenvalue weighted by Crippen LogP contribution is 2.24. The van der Waals surface area contributed by atoms with Crippen molar-refractivity contribution in [3.05, 3.63) is 46.2 Å². The highest BCUT2D eigenvalue weighted by Gasteiger charge is 2.11. The normalized spacial score (nSPS) is 10.6. The summed E-state index contributed by atoms with van der Waals surface area (Å²) in [6.45, 7) is 3.92. The Morgan fingerprint density at radius 1 is 1.40 bits per heavy atom.